The van der Waals surface area contributed by atoms with Crippen molar-refractivity contribution in [2.75, 3.05) is 0 Å². The summed E-state index contributed by atoms with van der Waals surface area (Å²) < 4.78 is 16.4. The molecule has 0 aliphatic carbocycles. The fourth-order valence-corrected chi connectivity index (χ4v) is 2.40. The maximum atomic E-state index is 11.3. The third kappa shape index (κ3) is 3.40. The van der Waals surface area contributed by atoms with Gasteiger partial charge in [-0.25, -0.2) is 4.79 Å². The third-order valence-electron chi connectivity index (χ3n) is 3.28. The SMILES string of the molecule is O=C(O)c1cc(C2OC=CO2)c(OCc2ccccc2)cc1Cl. The van der Waals surface area contributed by atoms with Crippen molar-refractivity contribution in [3.8, 4) is 5.75 Å². The molecule has 0 unspecified atom stereocenters. The Kier molecular flexibility index (Phi) is 4.39. The molecule has 6 heteroatoms. The number of hydrogen-bond acceptors (Lipinski definition) is 4. The van der Waals surface area contributed by atoms with Gasteiger partial charge in [0.25, 0.3) is 6.29 Å². The number of rotatable bonds is 5. The first kappa shape index (κ1) is 15.2. The van der Waals surface area contributed by atoms with E-state index in [9.17, 15) is 9.90 Å². The first-order chi connectivity index (χ1) is 11.1. The number of aromatic carboxylic acids is 1. The molecule has 23 heavy (non-hydrogen) atoms. The van der Waals surface area contributed by atoms with E-state index in [1.54, 1.807) is 0 Å². The normalized spacial score (nSPS) is 13.4. The second kappa shape index (κ2) is 6.62. The molecule has 0 bridgehead atoms. The quantitative estimate of drug-likeness (QED) is 0.891. The molecule has 1 heterocycles. The van der Waals surface area contributed by atoms with Gasteiger partial charge in [0.2, 0.25) is 0 Å². The molecule has 0 aromatic heterocycles. The van der Waals surface area contributed by atoms with E-state index in [2.05, 4.69) is 0 Å². The van der Waals surface area contributed by atoms with Gasteiger partial charge in [0.05, 0.1) is 16.1 Å². The summed E-state index contributed by atoms with van der Waals surface area (Å²) in [5, 5.41) is 9.30. The van der Waals surface area contributed by atoms with Crippen molar-refractivity contribution < 1.29 is 24.1 Å². The molecular formula is C17H13ClO5. The van der Waals surface area contributed by atoms with Crippen LogP contribution in [0.4, 0.5) is 0 Å². The van der Waals surface area contributed by atoms with Crippen molar-refractivity contribution in [3.05, 3.63) is 76.7 Å². The summed E-state index contributed by atoms with van der Waals surface area (Å²) in [6.45, 7) is 0.316. The minimum atomic E-state index is -1.13. The standard InChI is InChI=1S/C17H13ClO5/c18-14-9-15(23-10-11-4-2-1-3-5-11)13(8-12(14)16(19)20)17-21-6-7-22-17/h1-9,17H,10H2,(H,19,20). The van der Waals surface area contributed by atoms with Crippen molar-refractivity contribution in [2.24, 2.45) is 0 Å². The molecule has 0 saturated carbocycles. The zero-order valence-electron chi connectivity index (χ0n) is 11.9. The average Bonchev–Trinajstić information content (AvgIpc) is 3.08. The van der Waals surface area contributed by atoms with Crippen LogP contribution in [-0.2, 0) is 16.1 Å². The predicted octanol–water partition coefficient (Wildman–Crippen LogP) is 4.13. The topological polar surface area (TPSA) is 65.0 Å². The van der Waals surface area contributed by atoms with Crippen molar-refractivity contribution in [2.45, 2.75) is 12.9 Å². The van der Waals surface area contributed by atoms with Gasteiger partial charge in [0, 0.05) is 6.07 Å². The number of ether oxygens (including phenoxy) is 3. The van der Waals surface area contributed by atoms with Gasteiger partial charge in [0.15, 0.2) is 0 Å². The molecule has 2 aromatic rings. The molecular weight excluding hydrogens is 320 g/mol. The summed E-state index contributed by atoms with van der Waals surface area (Å²) in [4.78, 5) is 11.3. The van der Waals surface area contributed by atoms with Crippen molar-refractivity contribution in [3.63, 3.8) is 0 Å². The highest BCUT2D eigenvalue weighted by Crippen LogP contribution is 2.36. The van der Waals surface area contributed by atoms with Crippen LogP contribution >= 0.6 is 11.6 Å². The van der Waals surface area contributed by atoms with E-state index in [1.165, 1.54) is 24.7 Å². The van der Waals surface area contributed by atoms with Gasteiger partial charge < -0.3 is 19.3 Å². The molecule has 1 aliphatic rings. The Balaban J connectivity index is 1.90. The average molecular weight is 333 g/mol. The van der Waals surface area contributed by atoms with E-state index in [0.717, 1.165) is 5.56 Å². The molecule has 0 atom stereocenters. The lowest BCUT2D eigenvalue weighted by Gasteiger charge is -2.17. The Morgan fingerprint density at radius 3 is 2.52 bits per heavy atom. The third-order valence-corrected chi connectivity index (χ3v) is 3.59. The molecule has 3 rings (SSSR count). The highest BCUT2D eigenvalue weighted by molar-refractivity contribution is 6.33. The number of benzene rings is 2. The Bertz CT molecular complexity index is 734. The highest BCUT2D eigenvalue weighted by Gasteiger charge is 2.24. The van der Waals surface area contributed by atoms with Crippen LogP contribution in [0.25, 0.3) is 0 Å². The smallest absolute Gasteiger partial charge is 0.337 e. The molecule has 0 radical (unpaired) electrons. The second-order valence-electron chi connectivity index (χ2n) is 4.83. The Morgan fingerprint density at radius 1 is 1.17 bits per heavy atom. The van der Waals surface area contributed by atoms with Crippen LogP contribution in [0.5, 0.6) is 5.75 Å². The van der Waals surface area contributed by atoms with E-state index < -0.39 is 12.3 Å². The predicted molar refractivity (Wildman–Crippen MR) is 83.2 cm³/mol. The lowest BCUT2D eigenvalue weighted by Crippen LogP contribution is -2.07. The minimum absolute atomic E-state index is 0.0344. The molecule has 0 fully saturated rings. The van der Waals surface area contributed by atoms with E-state index in [0.29, 0.717) is 17.9 Å². The number of halogens is 1. The molecule has 1 N–H and O–H groups in total. The fourth-order valence-electron chi connectivity index (χ4n) is 2.17. The first-order valence-electron chi connectivity index (χ1n) is 6.84. The van der Waals surface area contributed by atoms with Gasteiger partial charge in [-0.3, -0.25) is 0 Å². The van der Waals surface area contributed by atoms with Crippen LogP contribution in [0.3, 0.4) is 0 Å². The van der Waals surface area contributed by atoms with Gasteiger partial charge in [-0.2, -0.15) is 0 Å². The van der Waals surface area contributed by atoms with Crippen LogP contribution in [0.2, 0.25) is 5.02 Å². The molecule has 2 aromatic carbocycles. The molecule has 0 saturated heterocycles. The monoisotopic (exact) mass is 332 g/mol. The van der Waals surface area contributed by atoms with E-state index >= 15 is 0 Å². The van der Waals surface area contributed by atoms with Crippen LogP contribution in [-0.4, -0.2) is 11.1 Å². The second-order valence-corrected chi connectivity index (χ2v) is 5.23. The van der Waals surface area contributed by atoms with E-state index in [1.807, 2.05) is 30.3 Å². The summed E-state index contributed by atoms with van der Waals surface area (Å²) in [7, 11) is 0. The number of carboxylic acids is 1. The zero-order chi connectivity index (χ0) is 16.2. The lowest BCUT2D eigenvalue weighted by molar-refractivity contribution is -0.0266. The molecule has 5 nitrogen and oxygen atoms in total. The molecule has 0 amide bonds. The summed E-state index contributed by atoms with van der Waals surface area (Å²) in [6, 6.07) is 12.5. The van der Waals surface area contributed by atoms with Crippen molar-refractivity contribution >= 4 is 17.6 Å². The summed E-state index contributed by atoms with van der Waals surface area (Å²) in [5.74, 6) is -0.714. The number of carboxylic acid groups (broad SMARTS) is 1. The maximum Gasteiger partial charge on any atom is 0.337 e. The van der Waals surface area contributed by atoms with Crippen molar-refractivity contribution in [1.82, 2.24) is 0 Å². The van der Waals surface area contributed by atoms with E-state index in [4.69, 9.17) is 25.8 Å². The van der Waals surface area contributed by atoms with E-state index in [-0.39, 0.29) is 10.6 Å². The lowest BCUT2D eigenvalue weighted by atomic mass is 10.1. The fraction of sp³-hybridized carbons (Fsp3) is 0.118. The summed E-state index contributed by atoms with van der Waals surface area (Å²) in [5.41, 5.74) is 1.41. The summed E-state index contributed by atoms with van der Waals surface area (Å²) in [6.07, 6.45) is 2.03. The van der Waals surface area contributed by atoms with Crippen LogP contribution < -0.4 is 4.74 Å². The molecule has 0 spiro atoms. The number of carbonyl (C=O) groups is 1. The Morgan fingerprint density at radius 2 is 1.87 bits per heavy atom. The minimum Gasteiger partial charge on any atom is -0.488 e. The van der Waals surface area contributed by atoms with Crippen LogP contribution in [0, 0.1) is 0 Å². The zero-order valence-corrected chi connectivity index (χ0v) is 12.7. The van der Waals surface area contributed by atoms with Gasteiger partial charge in [-0.05, 0) is 11.6 Å². The highest BCUT2D eigenvalue weighted by atomic mass is 35.5. The first-order valence-corrected chi connectivity index (χ1v) is 7.22. The largest absolute Gasteiger partial charge is 0.488 e. The van der Waals surface area contributed by atoms with Crippen LogP contribution in [0.15, 0.2) is 55.0 Å². The van der Waals surface area contributed by atoms with Gasteiger partial charge >= 0.3 is 5.97 Å². The Hall–Kier alpha value is -2.66. The van der Waals surface area contributed by atoms with Gasteiger partial charge in [-0.15, -0.1) is 0 Å². The van der Waals surface area contributed by atoms with Gasteiger partial charge in [0.1, 0.15) is 24.9 Å². The number of hydrogen-bond donors (Lipinski definition) is 1. The maximum absolute atomic E-state index is 11.3. The molecule has 1 aliphatic heterocycles. The van der Waals surface area contributed by atoms with Crippen LogP contribution in [0.1, 0.15) is 27.8 Å². The van der Waals surface area contributed by atoms with Crippen molar-refractivity contribution in [1.29, 1.82) is 0 Å². The Labute approximate surface area is 137 Å². The molecule has 118 valence electrons. The van der Waals surface area contributed by atoms with Gasteiger partial charge in [-0.1, -0.05) is 41.9 Å². The summed E-state index contributed by atoms with van der Waals surface area (Å²) >= 11 is 6.03.